The molecule has 0 aromatic rings. The van der Waals surface area contributed by atoms with E-state index in [4.69, 9.17) is 4.74 Å². The Hall–Kier alpha value is -0.730. The Kier molecular flexibility index (Phi) is 3.38. The molecule has 1 atom stereocenters. The Morgan fingerprint density at radius 2 is 2.33 bits per heavy atom. The third kappa shape index (κ3) is 1.90. The van der Waals surface area contributed by atoms with E-state index in [2.05, 4.69) is 6.92 Å². The molecule has 1 aliphatic rings. The molecule has 0 saturated carbocycles. The maximum atomic E-state index is 11.3. The zero-order chi connectivity index (χ0) is 8.97. The van der Waals surface area contributed by atoms with Crippen LogP contribution in [0.15, 0.2) is 0 Å². The number of nitrogens with zero attached hydrogens (tertiary/aromatic N) is 1. The van der Waals surface area contributed by atoms with Crippen molar-refractivity contribution >= 4 is 6.09 Å². The van der Waals surface area contributed by atoms with Crippen molar-refractivity contribution in [3.8, 4) is 0 Å². The van der Waals surface area contributed by atoms with E-state index >= 15 is 0 Å². The first-order valence-corrected chi connectivity index (χ1v) is 4.73. The molecule has 0 spiro atoms. The van der Waals surface area contributed by atoms with Crippen LogP contribution in [0.25, 0.3) is 0 Å². The molecule has 0 aliphatic carbocycles. The van der Waals surface area contributed by atoms with Gasteiger partial charge in [0.25, 0.3) is 0 Å². The lowest BCUT2D eigenvalue weighted by atomic mass is 10.2. The molecule has 0 bridgehead atoms. The number of amides is 1. The summed E-state index contributed by atoms with van der Waals surface area (Å²) in [4.78, 5) is 13.2. The van der Waals surface area contributed by atoms with Crippen LogP contribution in [-0.2, 0) is 4.74 Å². The zero-order valence-corrected chi connectivity index (χ0v) is 7.88. The molecule has 12 heavy (non-hydrogen) atoms. The van der Waals surface area contributed by atoms with Gasteiger partial charge < -0.3 is 9.64 Å². The van der Waals surface area contributed by atoms with Crippen LogP contribution < -0.4 is 0 Å². The average molecular weight is 171 g/mol. The number of carbonyl (C=O) groups is 1. The SMILES string of the molecule is CCOC(=O)N1CCCC1CC. The lowest BCUT2D eigenvalue weighted by Gasteiger charge is -2.22. The van der Waals surface area contributed by atoms with E-state index in [0.717, 1.165) is 25.8 Å². The molecule has 0 N–H and O–H groups in total. The second kappa shape index (κ2) is 4.33. The highest BCUT2D eigenvalue weighted by Crippen LogP contribution is 2.20. The first-order valence-electron chi connectivity index (χ1n) is 4.73. The summed E-state index contributed by atoms with van der Waals surface area (Å²) in [5.74, 6) is 0. The van der Waals surface area contributed by atoms with Crippen molar-refractivity contribution in [2.75, 3.05) is 13.2 Å². The van der Waals surface area contributed by atoms with Gasteiger partial charge in [-0.1, -0.05) is 6.92 Å². The standard InChI is InChI=1S/C9H17NO2/c1-3-8-6-5-7-10(8)9(11)12-4-2/h8H,3-7H2,1-2H3. The van der Waals surface area contributed by atoms with Gasteiger partial charge in [-0.2, -0.15) is 0 Å². The second-order valence-corrected chi connectivity index (χ2v) is 3.10. The number of ether oxygens (including phenoxy) is 1. The van der Waals surface area contributed by atoms with Crippen LogP contribution in [0.4, 0.5) is 4.79 Å². The number of hydrogen-bond donors (Lipinski definition) is 0. The van der Waals surface area contributed by atoms with E-state index in [9.17, 15) is 4.79 Å². The van der Waals surface area contributed by atoms with Crippen molar-refractivity contribution in [2.45, 2.75) is 39.2 Å². The summed E-state index contributed by atoms with van der Waals surface area (Å²) in [5.41, 5.74) is 0. The molecule has 1 heterocycles. The van der Waals surface area contributed by atoms with Gasteiger partial charge in [-0.3, -0.25) is 0 Å². The predicted octanol–water partition coefficient (Wildman–Crippen LogP) is 2.02. The van der Waals surface area contributed by atoms with E-state index in [-0.39, 0.29) is 6.09 Å². The number of carbonyl (C=O) groups excluding carboxylic acids is 1. The van der Waals surface area contributed by atoms with Gasteiger partial charge >= 0.3 is 6.09 Å². The molecule has 1 rings (SSSR count). The maximum absolute atomic E-state index is 11.3. The molecule has 0 aromatic carbocycles. The van der Waals surface area contributed by atoms with Gasteiger partial charge in [0.05, 0.1) is 6.61 Å². The molecule has 1 fully saturated rings. The number of hydrogen-bond acceptors (Lipinski definition) is 2. The molecule has 0 aromatic heterocycles. The van der Waals surface area contributed by atoms with E-state index < -0.39 is 0 Å². The number of rotatable bonds is 2. The molecule has 70 valence electrons. The third-order valence-corrected chi connectivity index (χ3v) is 2.35. The minimum absolute atomic E-state index is 0.137. The molecule has 1 amide bonds. The highest BCUT2D eigenvalue weighted by molar-refractivity contribution is 5.68. The number of likely N-dealkylation sites (tertiary alicyclic amines) is 1. The zero-order valence-electron chi connectivity index (χ0n) is 7.88. The van der Waals surface area contributed by atoms with Crippen LogP contribution in [0.1, 0.15) is 33.1 Å². The van der Waals surface area contributed by atoms with Gasteiger partial charge in [0.2, 0.25) is 0 Å². The van der Waals surface area contributed by atoms with Crippen molar-refractivity contribution in [2.24, 2.45) is 0 Å². The van der Waals surface area contributed by atoms with Gasteiger partial charge in [0.1, 0.15) is 0 Å². The monoisotopic (exact) mass is 171 g/mol. The van der Waals surface area contributed by atoms with Crippen molar-refractivity contribution < 1.29 is 9.53 Å². The van der Waals surface area contributed by atoms with E-state index in [1.54, 1.807) is 0 Å². The van der Waals surface area contributed by atoms with Crippen LogP contribution >= 0.6 is 0 Å². The minimum atomic E-state index is -0.137. The fourth-order valence-electron chi connectivity index (χ4n) is 1.71. The Bertz CT molecular complexity index is 159. The van der Waals surface area contributed by atoms with Crippen molar-refractivity contribution in [1.82, 2.24) is 4.90 Å². The van der Waals surface area contributed by atoms with E-state index in [1.807, 2.05) is 11.8 Å². The van der Waals surface area contributed by atoms with E-state index in [1.165, 1.54) is 0 Å². The largest absolute Gasteiger partial charge is 0.450 e. The Labute approximate surface area is 73.7 Å². The molecule has 1 unspecified atom stereocenters. The first-order chi connectivity index (χ1) is 5.79. The fourth-order valence-corrected chi connectivity index (χ4v) is 1.71. The average Bonchev–Trinajstić information content (AvgIpc) is 2.51. The fraction of sp³-hybridized carbons (Fsp3) is 0.889. The molecular weight excluding hydrogens is 154 g/mol. The Morgan fingerprint density at radius 3 is 2.92 bits per heavy atom. The smallest absolute Gasteiger partial charge is 0.409 e. The molecular formula is C9H17NO2. The quantitative estimate of drug-likeness (QED) is 0.636. The molecule has 3 nitrogen and oxygen atoms in total. The van der Waals surface area contributed by atoms with Gasteiger partial charge in [-0.15, -0.1) is 0 Å². The molecule has 3 heteroatoms. The van der Waals surface area contributed by atoms with Crippen LogP contribution in [0.2, 0.25) is 0 Å². The van der Waals surface area contributed by atoms with Crippen LogP contribution in [0.3, 0.4) is 0 Å². The van der Waals surface area contributed by atoms with Crippen LogP contribution in [0.5, 0.6) is 0 Å². The van der Waals surface area contributed by atoms with Crippen LogP contribution in [-0.4, -0.2) is 30.2 Å². The molecule has 0 radical (unpaired) electrons. The summed E-state index contributed by atoms with van der Waals surface area (Å²) >= 11 is 0. The lowest BCUT2D eigenvalue weighted by Crippen LogP contribution is -2.35. The van der Waals surface area contributed by atoms with Gasteiger partial charge in [0.15, 0.2) is 0 Å². The highest BCUT2D eigenvalue weighted by atomic mass is 16.6. The summed E-state index contributed by atoms with van der Waals surface area (Å²) in [7, 11) is 0. The first kappa shape index (κ1) is 9.36. The predicted molar refractivity (Wildman–Crippen MR) is 47.0 cm³/mol. The van der Waals surface area contributed by atoms with Crippen molar-refractivity contribution in [3.05, 3.63) is 0 Å². The van der Waals surface area contributed by atoms with Gasteiger partial charge in [0, 0.05) is 12.6 Å². The molecule has 1 saturated heterocycles. The summed E-state index contributed by atoms with van der Waals surface area (Å²) < 4.78 is 4.94. The van der Waals surface area contributed by atoms with Gasteiger partial charge in [-0.25, -0.2) is 4.79 Å². The Morgan fingerprint density at radius 1 is 1.58 bits per heavy atom. The Balaban J connectivity index is 2.43. The minimum Gasteiger partial charge on any atom is -0.450 e. The summed E-state index contributed by atoms with van der Waals surface area (Å²) in [6.45, 7) is 5.31. The normalized spacial score (nSPS) is 22.8. The maximum Gasteiger partial charge on any atom is 0.409 e. The summed E-state index contributed by atoms with van der Waals surface area (Å²) in [6.07, 6.45) is 3.16. The van der Waals surface area contributed by atoms with Crippen LogP contribution in [0, 0.1) is 0 Å². The summed E-state index contributed by atoms with van der Waals surface area (Å²) in [5, 5.41) is 0. The van der Waals surface area contributed by atoms with Crippen molar-refractivity contribution in [3.63, 3.8) is 0 Å². The summed E-state index contributed by atoms with van der Waals surface area (Å²) in [6, 6.07) is 0.420. The van der Waals surface area contributed by atoms with Crippen molar-refractivity contribution in [1.29, 1.82) is 0 Å². The lowest BCUT2D eigenvalue weighted by molar-refractivity contribution is 0.102. The second-order valence-electron chi connectivity index (χ2n) is 3.10. The highest BCUT2D eigenvalue weighted by Gasteiger charge is 2.27. The van der Waals surface area contributed by atoms with Gasteiger partial charge in [-0.05, 0) is 26.2 Å². The third-order valence-electron chi connectivity index (χ3n) is 2.35. The topological polar surface area (TPSA) is 29.5 Å². The molecule has 1 aliphatic heterocycles. The van der Waals surface area contributed by atoms with E-state index in [0.29, 0.717) is 12.6 Å².